The van der Waals surface area contributed by atoms with E-state index < -0.39 is 24.0 Å². The first-order chi connectivity index (χ1) is 8.88. The second kappa shape index (κ2) is 5.57. The predicted octanol–water partition coefficient (Wildman–Crippen LogP) is 5.01. The zero-order chi connectivity index (χ0) is 14.0. The maximum atomic E-state index is 12.9. The molecule has 2 rings (SSSR count). The van der Waals surface area contributed by atoms with Gasteiger partial charge in [0.2, 0.25) is 0 Å². The minimum absolute atomic E-state index is 0.103. The van der Waals surface area contributed by atoms with Crippen LogP contribution in [0.5, 0.6) is 0 Å². The zero-order valence-electron chi connectivity index (χ0n) is 10.1. The summed E-state index contributed by atoms with van der Waals surface area (Å²) < 4.78 is 51.7. The van der Waals surface area contributed by atoms with Crippen LogP contribution in [-0.4, -0.2) is 12.2 Å². The molecule has 6 heteroatoms. The Morgan fingerprint density at radius 3 is 2.47 bits per heavy atom. The molecule has 19 heavy (non-hydrogen) atoms. The van der Waals surface area contributed by atoms with Gasteiger partial charge in [0, 0.05) is 6.04 Å². The Bertz CT molecular complexity index is 447. The number of hydrogen-bond donors (Lipinski definition) is 1. The predicted molar refractivity (Wildman–Crippen MR) is 66.8 cm³/mol. The van der Waals surface area contributed by atoms with Gasteiger partial charge in [0.25, 0.3) is 0 Å². The molecule has 1 N–H and O–H groups in total. The third-order valence-electron chi connectivity index (χ3n) is 3.46. The molecule has 0 radical (unpaired) electrons. The molecule has 0 aliphatic heterocycles. The maximum Gasteiger partial charge on any atom is 0.393 e. The molecule has 1 aromatic rings. The van der Waals surface area contributed by atoms with E-state index in [0.717, 1.165) is 12.5 Å². The van der Waals surface area contributed by atoms with Crippen molar-refractivity contribution >= 4 is 17.3 Å². The van der Waals surface area contributed by atoms with Crippen LogP contribution in [0.15, 0.2) is 18.2 Å². The number of halogens is 5. The fourth-order valence-corrected chi connectivity index (χ4v) is 2.72. The van der Waals surface area contributed by atoms with Gasteiger partial charge in [-0.05, 0) is 31.0 Å². The largest absolute Gasteiger partial charge is 0.393 e. The average Bonchev–Trinajstić information content (AvgIpc) is 2.32. The van der Waals surface area contributed by atoms with Crippen molar-refractivity contribution in [2.45, 2.75) is 37.9 Å². The minimum Gasteiger partial charge on any atom is -0.380 e. The van der Waals surface area contributed by atoms with Gasteiger partial charge in [0.1, 0.15) is 5.82 Å². The van der Waals surface area contributed by atoms with Crippen molar-refractivity contribution in [2.75, 3.05) is 5.32 Å². The van der Waals surface area contributed by atoms with Crippen LogP contribution in [0.4, 0.5) is 23.2 Å². The molecule has 2 unspecified atom stereocenters. The molecule has 0 heterocycles. The molecule has 0 aromatic heterocycles. The lowest BCUT2D eigenvalue weighted by Gasteiger charge is -2.34. The highest BCUT2D eigenvalue weighted by atomic mass is 35.5. The molecule has 0 bridgehead atoms. The van der Waals surface area contributed by atoms with E-state index in [4.69, 9.17) is 11.6 Å². The fraction of sp³-hybridized carbons (Fsp3) is 0.538. The van der Waals surface area contributed by atoms with E-state index in [2.05, 4.69) is 5.32 Å². The Balaban J connectivity index is 2.15. The number of nitrogens with one attached hydrogen (secondary N) is 1. The molecule has 1 aliphatic rings. The van der Waals surface area contributed by atoms with E-state index in [1.807, 2.05) is 0 Å². The van der Waals surface area contributed by atoms with Gasteiger partial charge in [-0.1, -0.05) is 24.4 Å². The summed E-state index contributed by atoms with van der Waals surface area (Å²) in [6.45, 7) is 0. The SMILES string of the molecule is Fc1ccc(NC2CCCCC2C(F)(F)F)c(Cl)c1. The van der Waals surface area contributed by atoms with E-state index >= 15 is 0 Å². The lowest BCUT2D eigenvalue weighted by molar-refractivity contribution is -0.184. The van der Waals surface area contributed by atoms with Gasteiger partial charge in [-0.25, -0.2) is 4.39 Å². The Morgan fingerprint density at radius 2 is 1.84 bits per heavy atom. The van der Waals surface area contributed by atoms with E-state index in [9.17, 15) is 17.6 Å². The average molecular weight is 296 g/mol. The van der Waals surface area contributed by atoms with Crippen LogP contribution in [0.25, 0.3) is 0 Å². The number of anilines is 1. The Kier molecular flexibility index (Phi) is 4.23. The highest BCUT2D eigenvalue weighted by Crippen LogP contribution is 2.39. The van der Waals surface area contributed by atoms with Crippen molar-refractivity contribution in [1.82, 2.24) is 0 Å². The van der Waals surface area contributed by atoms with Crippen molar-refractivity contribution in [3.63, 3.8) is 0 Å². The van der Waals surface area contributed by atoms with Crippen LogP contribution in [0, 0.1) is 11.7 Å². The quantitative estimate of drug-likeness (QED) is 0.756. The van der Waals surface area contributed by atoms with Gasteiger partial charge in [-0.3, -0.25) is 0 Å². The van der Waals surface area contributed by atoms with Crippen molar-refractivity contribution in [3.05, 3.63) is 29.0 Å². The first-order valence-corrected chi connectivity index (χ1v) is 6.54. The van der Waals surface area contributed by atoms with Gasteiger partial charge in [-0.2, -0.15) is 13.2 Å². The molecule has 0 saturated heterocycles. The summed E-state index contributed by atoms with van der Waals surface area (Å²) in [5.41, 5.74) is 0.351. The van der Waals surface area contributed by atoms with Crippen LogP contribution in [0.3, 0.4) is 0 Å². The molecule has 0 spiro atoms. The number of rotatable bonds is 2. The number of hydrogen-bond acceptors (Lipinski definition) is 1. The van der Waals surface area contributed by atoms with Gasteiger partial charge < -0.3 is 5.32 Å². The molecule has 1 saturated carbocycles. The number of benzene rings is 1. The first-order valence-electron chi connectivity index (χ1n) is 6.16. The Hall–Kier alpha value is -0.970. The summed E-state index contributed by atoms with van der Waals surface area (Å²) in [5.74, 6) is -1.88. The van der Waals surface area contributed by atoms with Crippen LogP contribution >= 0.6 is 11.6 Å². The number of alkyl halides is 3. The lowest BCUT2D eigenvalue weighted by Crippen LogP contribution is -2.41. The Morgan fingerprint density at radius 1 is 1.16 bits per heavy atom. The van der Waals surface area contributed by atoms with Gasteiger partial charge in [0.15, 0.2) is 0 Å². The highest BCUT2D eigenvalue weighted by molar-refractivity contribution is 6.33. The van der Waals surface area contributed by atoms with E-state index in [0.29, 0.717) is 18.5 Å². The fourth-order valence-electron chi connectivity index (χ4n) is 2.50. The molecule has 1 aliphatic carbocycles. The van der Waals surface area contributed by atoms with Crippen molar-refractivity contribution in [3.8, 4) is 0 Å². The van der Waals surface area contributed by atoms with Crippen LogP contribution in [-0.2, 0) is 0 Å². The summed E-state index contributed by atoms with van der Waals surface area (Å²) >= 11 is 5.83. The van der Waals surface area contributed by atoms with Crippen LogP contribution in [0.1, 0.15) is 25.7 Å². The third kappa shape index (κ3) is 3.53. The smallest absolute Gasteiger partial charge is 0.380 e. The standard InChI is InChI=1S/C13H14ClF4N/c14-10-7-8(15)5-6-12(10)19-11-4-2-1-3-9(11)13(16,17)18/h5-7,9,11,19H,1-4H2. The second-order valence-corrected chi connectivity index (χ2v) is 5.21. The summed E-state index contributed by atoms with van der Waals surface area (Å²) in [6, 6.07) is 2.95. The molecule has 106 valence electrons. The Labute approximate surface area is 113 Å². The monoisotopic (exact) mass is 295 g/mol. The molecular weight excluding hydrogens is 282 g/mol. The summed E-state index contributed by atoms with van der Waals surface area (Å²) in [6.07, 6.45) is -2.31. The summed E-state index contributed by atoms with van der Waals surface area (Å²) in [7, 11) is 0. The second-order valence-electron chi connectivity index (χ2n) is 4.81. The van der Waals surface area contributed by atoms with Gasteiger partial charge in [-0.15, -0.1) is 0 Å². The molecule has 0 amide bonds. The molecule has 1 fully saturated rings. The maximum absolute atomic E-state index is 12.9. The first kappa shape index (κ1) is 14.4. The zero-order valence-corrected chi connectivity index (χ0v) is 10.9. The third-order valence-corrected chi connectivity index (χ3v) is 3.77. The van der Waals surface area contributed by atoms with E-state index in [-0.39, 0.29) is 11.4 Å². The van der Waals surface area contributed by atoms with Gasteiger partial charge in [0.05, 0.1) is 16.6 Å². The summed E-state index contributed by atoms with van der Waals surface area (Å²) in [4.78, 5) is 0. The van der Waals surface area contributed by atoms with Gasteiger partial charge >= 0.3 is 6.18 Å². The molecule has 1 nitrogen and oxygen atoms in total. The van der Waals surface area contributed by atoms with Crippen molar-refractivity contribution in [1.29, 1.82) is 0 Å². The summed E-state index contributed by atoms with van der Waals surface area (Å²) in [5, 5.41) is 2.92. The lowest BCUT2D eigenvalue weighted by atomic mass is 9.84. The van der Waals surface area contributed by atoms with Crippen LogP contribution < -0.4 is 5.32 Å². The highest BCUT2D eigenvalue weighted by Gasteiger charge is 2.45. The molecular formula is C13H14ClF4N. The normalized spacial score (nSPS) is 24.3. The minimum atomic E-state index is -4.22. The van der Waals surface area contributed by atoms with E-state index in [1.54, 1.807) is 0 Å². The topological polar surface area (TPSA) is 12.0 Å². The molecule has 2 atom stereocenters. The van der Waals surface area contributed by atoms with Crippen LogP contribution in [0.2, 0.25) is 5.02 Å². The van der Waals surface area contributed by atoms with Crippen molar-refractivity contribution in [2.24, 2.45) is 5.92 Å². The molecule has 1 aromatic carbocycles. The van der Waals surface area contributed by atoms with E-state index in [1.165, 1.54) is 12.1 Å². The van der Waals surface area contributed by atoms with Crippen molar-refractivity contribution < 1.29 is 17.6 Å².